The van der Waals surface area contributed by atoms with E-state index < -0.39 is 17.8 Å². The highest BCUT2D eigenvalue weighted by Gasteiger charge is 2.39. The van der Waals surface area contributed by atoms with Gasteiger partial charge in [0, 0.05) is 24.5 Å². The minimum Gasteiger partial charge on any atom is -0.462 e. The predicted octanol–water partition coefficient (Wildman–Crippen LogP) is 4.84. The van der Waals surface area contributed by atoms with E-state index >= 15 is 0 Å². The second-order valence-electron chi connectivity index (χ2n) is 6.23. The molecule has 1 aromatic carbocycles. The van der Waals surface area contributed by atoms with Gasteiger partial charge in [0.05, 0.1) is 17.0 Å². The number of nitrogens with zero attached hydrogens (tertiary/aromatic N) is 1. The average Bonchev–Trinajstić information content (AvgIpc) is 3.26. The maximum Gasteiger partial charge on any atom is 0.416 e. The van der Waals surface area contributed by atoms with Crippen molar-refractivity contribution < 1.29 is 22.7 Å². The van der Waals surface area contributed by atoms with Gasteiger partial charge in [-0.25, -0.2) is 0 Å². The smallest absolute Gasteiger partial charge is 0.416 e. The van der Waals surface area contributed by atoms with E-state index in [1.54, 1.807) is 17.8 Å². The van der Waals surface area contributed by atoms with Crippen molar-refractivity contribution in [2.75, 3.05) is 11.6 Å². The summed E-state index contributed by atoms with van der Waals surface area (Å²) in [5, 5.41) is 3.05. The molecule has 0 saturated heterocycles. The normalized spacial score (nSPS) is 17.2. The maximum absolute atomic E-state index is 13.1. The number of carbonyl (C=O) groups excluding carboxylic acids is 1. The molecule has 2 heterocycles. The van der Waals surface area contributed by atoms with E-state index in [1.165, 1.54) is 12.1 Å². The van der Waals surface area contributed by atoms with E-state index in [2.05, 4.69) is 5.32 Å². The van der Waals surface area contributed by atoms with Crippen molar-refractivity contribution in [3.8, 4) is 0 Å². The minimum absolute atomic E-state index is 0.150. The molecule has 1 atom stereocenters. The van der Waals surface area contributed by atoms with E-state index in [9.17, 15) is 18.0 Å². The summed E-state index contributed by atoms with van der Waals surface area (Å²) in [5.41, 5.74) is 0.225. The van der Waals surface area contributed by atoms with E-state index in [0.717, 1.165) is 24.4 Å². The fourth-order valence-corrected chi connectivity index (χ4v) is 3.41. The largest absolute Gasteiger partial charge is 0.462 e. The van der Waals surface area contributed by atoms with Gasteiger partial charge in [0.2, 0.25) is 5.78 Å². The van der Waals surface area contributed by atoms with Crippen LogP contribution >= 0.6 is 11.8 Å². The number of nitrogens with one attached hydrogen (secondary N) is 1. The van der Waals surface area contributed by atoms with Crippen LogP contribution in [0.1, 0.15) is 36.6 Å². The number of Topliss-reactive ketones (excluding diaryl/α,β-unsaturated/α-hetero) is 1. The first-order valence-electron chi connectivity index (χ1n) is 8.95. The zero-order valence-electron chi connectivity index (χ0n) is 15.5. The molecular formula is C20H21F3N2O2S. The number of aryl methyl sites for hydroxylation is 1. The lowest BCUT2D eigenvalue weighted by Crippen LogP contribution is -2.14. The lowest BCUT2D eigenvalue weighted by Gasteiger charge is -2.12. The Bertz CT molecular complexity index is 890. The number of aromatic nitrogens is 1. The Morgan fingerprint density at radius 1 is 1.25 bits per heavy atom. The van der Waals surface area contributed by atoms with Gasteiger partial charge in [-0.1, -0.05) is 19.1 Å². The molecule has 0 bridgehead atoms. The molecule has 0 amide bonds. The highest BCUT2D eigenvalue weighted by Crippen LogP contribution is 2.39. The number of thioether (sulfide) groups is 1. The Labute approximate surface area is 165 Å². The quantitative estimate of drug-likeness (QED) is 0.524. The van der Waals surface area contributed by atoms with Gasteiger partial charge in [-0.15, -0.1) is 11.8 Å². The number of hydrogen-bond acceptors (Lipinski definition) is 4. The SMILES string of the molecule is CCSCNC1=C(c2cccc(C(F)(F)F)c2)C(=O)C(c2ccn(CC)c2)O1. The van der Waals surface area contributed by atoms with Crippen LogP contribution in [0.3, 0.4) is 0 Å². The Hall–Kier alpha value is -2.35. The van der Waals surface area contributed by atoms with Crippen LogP contribution in [0.4, 0.5) is 13.2 Å². The molecule has 150 valence electrons. The highest BCUT2D eigenvalue weighted by molar-refractivity contribution is 7.99. The molecule has 4 nitrogen and oxygen atoms in total. The third-order valence-electron chi connectivity index (χ3n) is 4.41. The fourth-order valence-electron chi connectivity index (χ4n) is 2.98. The number of benzene rings is 1. The van der Waals surface area contributed by atoms with Crippen LogP contribution in [0.5, 0.6) is 0 Å². The highest BCUT2D eigenvalue weighted by atomic mass is 32.2. The monoisotopic (exact) mass is 410 g/mol. The molecule has 28 heavy (non-hydrogen) atoms. The van der Waals surface area contributed by atoms with Crippen molar-refractivity contribution in [3.05, 3.63) is 65.3 Å². The van der Waals surface area contributed by atoms with Crippen LogP contribution in [0.2, 0.25) is 0 Å². The predicted molar refractivity (Wildman–Crippen MR) is 103 cm³/mol. The molecule has 1 N–H and O–H groups in total. The minimum atomic E-state index is -4.48. The first kappa shape index (κ1) is 20.4. The van der Waals surface area contributed by atoms with Gasteiger partial charge < -0.3 is 14.6 Å². The standard InChI is InChI=1S/C20H21F3N2O2S/c1-3-25-9-8-14(11-25)18-17(26)16(19(27-18)24-12-28-4-2)13-6-5-7-15(10-13)20(21,22)23/h5-11,18,24H,3-4,12H2,1-2H3. The van der Waals surface area contributed by atoms with Crippen LogP contribution in [0, 0.1) is 0 Å². The zero-order valence-corrected chi connectivity index (χ0v) is 16.4. The third kappa shape index (κ3) is 4.22. The number of ketones is 1. The van der Waals surface area contributed by atoms with Gasteiger partial charge in [-0.3, -0.25) is 4.79 Å². The van der Waals surface area contributed by atoms with Crippen LogP contribution in [-0.2, 0) is 22.3 Å². The van der Waals surface area contributed by atoms with Crippen LogP contribution < -0.4 is 5.32 Å². The van der Waals surface area contributed by atoms with Crippen molar-refractivity contribution in [2.24, 2.45) is 0 Å². The van der Waals surface area contributed by atoms with Gasteiger partial charge in [-0.05, 0) is 36.4 Å². The Morgan fingerprint density at radius 3 is 2.68 bits per heavy atom. The van der Waals surface area contributed by atoms with E-state index in [1.807, 2.05) is 30.8 Å². The molecular weight excluding hydrogens is 389 g/mol. The van der Waals surface area contributed by atoms with E-state index in [-0.39, 0.29) is 22.8 Å². The van der Waals surface area contributed by atoms with Gasteiger partial charge in [0.15, 0.2) is 12.0 Å². The zero-order chi connectivity index (χ0) is 20.3. The van der Waals surface area contributed by atoms with Crippen molar-refractivity contribution in [1.29, 1.82) is 0 Å². The topological polar surface area (TPSA) is 43.3 Å². The molecule has 0 radical (unpaired) electrons. The van der Waals surface area contributed by atoms with Crippen LogP contribution in [0.15, 0.2) is 48.6 Å². The first-order valence-corrected chi connectivity index (χ1v) is 10.1. The molecule has 0 spiro atoms. The van der Waals surface area contributed by atoms with Gasteiger partial charge in [-0.2, -0.15) is 13.2 Å². The van der Waals surface area contributed by atoms with Crippen molar-refractivity contribution in [2.45, 2.75) is 32.7 Å². The lowest BCUT2D eigenvalue weighted by molar-refractivity contribution is -0.137. The first-order chi connectivity index (χ1) is 13.3. The number of carbonyl (C=O) groups is 1. The van der Waals surface area contributed by atoms with Crippen LogP contribution in [-0.4, -0.2) is 22.0 Å². The Morgan fingerprint density at radius 2 is 2.04 bits per heavy atom. The molecule has 1 unspecified atom stereocenters. The summed E-state index contributed by atoms with van der Waals surface area (Å²) >= 11 is 1.58. The number of hydrogen-bond donors (Lipinski definition) is 1. The van der Waals surface area contributed by atoms with Crippen molar-refractivity contribution in [3.63, 3.8) is 0 Å². The number of rotatable bonds is 7. The summed E-state index contributed by atoms with van der Waals surface area (Å²) in [5.74, 6) is 1.22. The molecule has 8 heteroatoms. The Balaban J connectivity index is 1.97. The second kappa shape index (κ2) is 8.34. The van der Waals surface area contributed by atoms with Crippen molar-refractivity contribution >= 4 is 23.1 Å². The second-order valence-corrected chi connectivity index (χ2v) is 7.51. The summed E-state index contributed by atoms with van der Waals surface area (Å²) in [7, 11) is 0. The molecule has 2 aromatic rings. The average molecular weight is 410 g/mol. The van der Waals surface area contributed by atoms with E-state index in [4.69, 9.17) is 4.74 Å². The molecule has 0 aliphatic carbocycles. The summed E-state index contributed by atoms with van der Waals surface area (Å²) in [6.45, 7) is 4.71. The number of ether oxygens (including phenoxy) is 1. The van der Waals surface area contributed by atoms with Crippen molar-refractivity contribution in [1.82, 2.24) is 9.88 Å². The maximum atomic E-state index is 13.1. The number of alkyl halides is 3. The molecule has 1 aliphatic heterocycles. The van der Waals surface area contributed by atoms with E-state index in [0.29, 0.717) is 11.4 Å². The van der Waals surface area contributed by atoms with Crippen LogP contribution in [0.25, 0.3) is 5.57 Å². The van der Waals surface area contributed by atoms with Gasteiger partial charge in [0.25, 0.3) is 0 Å². The van der Waals surface area contributed by atoms with Gasteiger partial charge >= 0.3 is 6.18 Å². The molecule has 1 aromatic heterocycles. The molecule has 0 fully saturated rings. The summed E-state index contributed by atoms with van der Waals surface area (Å²) in [4.78, 5) is 13.1. The number of halogens is 3. The summed E-state index contributed by atoms with van der Waals surface area (Å²) in [6, 6.07) is 6.57. The molecule has 1 aliphatic rings. The summed E-state index contributed by atoms with van der Waals surface area (Å²) < 4.78 is 47.2. The Kier molecular flexibility index (Phi) is 6.07. The molecule has 0 saturated carbocycles. The lowest BCUT2D eigenvalue weighted by atomic mass is 9.97. The third-order valence-corrected chi connectivity index (χ3v) is 5.16. The molecule has 3 rings (SSSR count). The summed E-state index contributed by atoms with van der Waals surface area (Å²) in [6.07, 6.45) is -1.70. The van der Waals surface area contributed by atoms with Gasteiger partial charge in [0.1, 0.15) is 0 Å². The fraction of sp³-hybridized carbons (Fsp3) is 0.350.